The van der Waals surface area contributed by atoms with Crippen LogP contribution in [0.3, 0.4) is 0 Å². The van der Waals surface area contributed by atoms with Crippen molar-refractivity contribution in [2.75, 3.05) is 6.54 Å². The average molecular weight is 343 g/mol. The highest BCUT2D eigenvalue weighted by Crippen LogP contribution is 2.22. The highest BCUT2D eigenvalue weighted by molar-refractivity contribution is 9.10. The van der Waals surface area contributed by atoms with Crippen LogP contribution in [0.4, 0.5) is 4.39 Å². The van der Waals surface area contributed by atoms with Gasteiger partial charge in [0, 0.05) is 40.1 Å². The molecular formula is C14H16BrFN2S. The van der Waals surface area contributed by atoms with Gasteiger partial charge in [-0.15, -0.1) is 11.3 Å². The predicted octanol–water partition coefficient (Wildman–Crippen LogP) is 4.50. The summed E-state index contributed by atoms with van der Waals surface area (Å²) in [5, 5.41) is 6.44. The van der Waals surface area contributed by atoms with Crippen molar-refractivity contribution in [2.24, 2.45) is 0 Å². The summed E-state index contributed by atoms with van der Waals surface area (Å²) in [6, 6.07) is 5.15. The van der Waals surface area contributed by atoms with Crippen molar-refractivity contribution in [2.45, 2.75) is 25.8 Å². The first-order valence-corrected chi connectivity index (χ1v) is 7.83. The molecule has 0 radical (unpaired) electrons. The third-order valence-corrected chi connectivity index (χ3v) is 4.53. The molecule has 2 atom stereocenters. The molecule has 1 heterocycles. The van der Waals surface area contributed by atoms with E-state index in [0.717, 1.165) is 16.0 Å². The third kappa shape index (κ3) is 3.84. The Kier molecular flexibility index (Phi) is 5.07. The van der Waals surface area contributed by atoms with E-state index in [1.165, 1.54) is 6.07 Å². The zero-order valence-corrected chi connectivity index (χ0v) is 13.3. The molecule has 1 aromatic heterocycles. The molecule has 0 saturated heterocycles. The Morgan fingerprint density at radius 2 is 2.21 bits per heavy atom. The normalized spacial score (nSPS) is 14.3. The summed E-state index contributed by atoms with van der Waals surface area (Å²) in [5.74, 6) is 0.150. The van der Waals surface area contributed by atoms with Crippen molar-refractivity contribution >= 4 is 27.3 Å². The van der Waals surface area contributed by atoms with E-state index in [1.807, 2.05) is 30.6 Å². The smallest absolute Gasteiger partial charge is 0.129 e. The number of thiazole rings is 1. The maximum atomic E-state index is 13.8. The molecule has 2 nitrogen and oxygen atoms in total. The average Bonchev–Trinajstić information content (AvgIpc) is 2.89. The van der Waals surface area contributed by atoms with E-state index in [-0.39, 0.29) is 11.9 Å². The van der Waals surface area contributed by atoms with Crippen molar-refractivity contribution in [3.8, 4) is 0 Å². The molecule has 2 unspecified atom stereocenters. The number of benzene rings is 1. The molecule has 1 aromatic carbocycles. The lowest BCUT2D eigenvalue weighted by Gasteiger charge is -2.17. The second-order valence-electron chi connectivity index (χ2n) is 4.57. The zero-order valence-electron chi connectivity index (χ0n) is 10.9. The Morgan fingerprint density at radius 1 is 1.42 bits per heavy atom. The minimum absolute atomic E-state index is 0.0180. The summed E-state index contributed by atoms with van der Waals surface area (Å²) in [6.07, 6.45) is 1.81. The molecule has 0 fully saturated rings. The molecular weight excluding hydrogens is 327 g/mol. The van der Waals surface area contributed by atoms with Crippen LogP contribution >= 0.6 is 27.3 Å². The highest BCUT2D eigenvalue weighted by Gasteiger charge is 2.13. The van der Waals surface area contributed by atoms with Gasteiger partial charge in [0.25, 0.3) is 0 Å². The lowest BCUT2D eigenvalue weighted by molar-refractivity contribution is 0.507. The summed E-state index contributed by atoms with van der Waals surface area (Å²) < 4.78 is 14.6. The maximum Gasteiger partial charge on any atom is 0.129 e. The minimum Gasteiger partial charge on any atom is -0.309 e. The van der Waals surface area contributed by atoms with Crippen LogP contribution in [0, 0.1) is 5.82 Å². The van der Waals surface area contributed by atoms with E-state index in [1.54, 1.807) is 11.3 Å². The number of hydrogen-bond acceptors (Lipinski definition) is 3. The summed E-state index contributed by atoms with van der Waals surface area (Å²) in [4.78, 5) is 4.29. The van der Waals surface area contributed by atoms with Gasteiger partial charge in [-0.2, -0.15) is 0 Å². The fraction of sp³-hybridized carbons (Fsp3) is 0.357. The maximum absolute atomic E-state index is 13.8. The minimum atomic E-state index is -0.184. The van der Waals surface area contributed by atoms with Gasteiger partial charge in [0.1, 0.15) is 5.82 Å². The molecule has 0 amide bonds. The van der Waals surface area contributed by atoms with E-state index < -0.39 is 0 Å². The number of hydrogen-bond donors (Lipinski definition) is 1. The molecule has 0 spiro atoms. The molecule has 19 heavy (non-hydrogen) atoms. The van der Waals surface area contributed by atoms with Gasteiger partial charge in [-0.1, -0.05) is 28.9 Å². The summed E-state index contributed by atoms with van der Waals surface area (Å²) in [6.45, 7) is 4.88. The molecule has 0 saturated carbocycles. The third-order valence-electron chi connectivity index (χ3n) is 3.03. The monoisotopic (exact) mass is 342 g/mol. The van der Waals surface area contributed by atoms with Gasteiger partial charge in [0.15, 0.2) is 0 Å². The fourth-order valence-corrected chi connectivity index (χ4v) is 2.91. The number of nitrogens with one attached hydrogen (secondary N) is 1. The molecule has 1 N–H and O–H groups in total. The summed E-state index contributed by atoms with van der Waals surface area (Å²) in [5.41, 5.74) is 0.689. The largest absolute Gasteiger partial charge is 0.309 e. The number of nitrogens with zero attached hydrogens (tertiary/aromatic N) is 1. The Labute approximate surface area is 125 Å². The van der Waals surface area contributed by atoms with E-state index in [0.29, 0.717) is 11.5 Å². The molecule has 0 bridgehead atoms. The van der Waals surface area contributed by atoms with E-state index in [2.05, 4.69) is 33.2 Å². The van der Waals surface area contributed by atoms with Crippen molar-refractivity contribution in [3.05, 3.63) is 50.6 Å². The van der Waals surface area contributed by atoms with Crippen molar-refractivity contribution in [1.82, 2.24) is 10.3 Å². The van der Waals surface area contributed by atoms with Gasteiger partial charge in [0.2, 0.25) is 0 Å². The molecule has 2 rings (SSSR count). The summed E-state index contributed by atoms with van der Waals surface area (Å²) >= 11 is 4.92. The molecule has 2 aromatic rings. The lowest BCUT2D eigenvalue weighted by atomic mass is 10.1. The van der Waals surface area contributed by atoms with Gasteiger partial charge in [0.05, 0.1) is 5.01 Å². The van der Waals surface area contributed by atoms with E-state index in [4.69, 9.17) is 0 Å². The number of halogens is 2. The Morgan fingerprint density at radius 3 is 2.84 bits per heavy atom. The Balaban J connectivity index is 1.96. The first kappa shape index (κ1) is 14.6. The Bertz CT molecular complexity index is 530. The lowest BCUT2D eigenvalue weighted by Crippen LogP contribution is -2.24. The van der Waals surface area contributed by atoms with Gasteiger partial charge in [-0.05, 0) is 19.1 Å². The topological polar surface area (TPSA) is 24.9 Å². The van der Waals surface area contributed by atoms with Crippen LogP contribution < -0.4 is 5.32 Å². The van der Waals surface area contributed by atoms with Crippen LogP contribution in [0.2, 0.25) is 0 Å². The van der Waals surface area contributed by atoms with Crippen molar-refractivity contribution in [1.29, 1.82) is 0 Å². The second-order valence-corrected chi connectivity index (χ2v) is 6.41. The molecule has 102 valence electrons. The van der Waals surface area contributed by atoms with Crippen LogP contribution in [-0.4, -0.2) is 11.5 Å². The predicted molar refractivity (Wildman–Crippen MR) is 81.0 cm³/mol. The fourth-order valence-electron chi connectivity index (χ4n) is 1.88. The van der Waals surface area contributed by atoms with Crippen LogP contribution in [0.15, 0.2) is 34.2 Å². The number of aromatic nitrogens is 1. The summed E-state index contributed by atoms with van der Waals surface area (Å²) in [7, 11) is 0. The Hall–Kier alpha value is -0.780. The van der Waals surface area contributed by atoms with Crippen molar-refractivity contribution < 1.29 is 4.39 Å². The van der Waals surface area contributed by atoms with Crippen LogP contribution in [0.5, 0.6) is 0 Å². The molecule has 0 aliphatic rings. The standard InChI is InChI=1S/C14H16BrFN2S/c1-9(14-17-5-6-19-14)8-18-10(2)12-4-3-11(15)7-13(12)16/h3-7,9-10,18H,8H2,1-2H3. The first-order chi connectivity index (χ1) is 9.08. The van der Waals surface area contributed by atoms with Gasteiger partial charge >= 0.3 is 0 Å². The van der Waals surface area contributed by atoms with E-state index >= 15 is 0 Å². The quantitative estimate of drug-likeness (QED) is 0.865. The molecule has 5 heteroatoms. The highest BCUT2D eigenvalue weighted by atomic mass is 79.9. The SMILES string of the molecule is CC(CNC(C)c1ccc(Br)cc1F)c1nccs1. The zero-order chi connectivity index (χ0) is 13.8. The van der Waals surface area contributed by atoms with Gasteiger partial charge in [-0.3, -0.25) is 0 Å². The first-order valence-electron chi connectivity index (χ1n) is 6.15. The van der Waals surface area contributed by atoms with Crippen LogP contribution in [-0.2, 0) is 0 Å². The molecule has 0 aliphatic heterocycles. The van der Waals surface area contributed by atoms with Gasteiger partial charge < -0.3 is 5.32 Å². The van der Waals surface area contributed by atoms with Crippen LogP contribution in [0.25, 0.3) is 0 Å². The van der Waals surface area contributed by atoms with Gasteiger partial charge in [-0.25, -0.2) is 9.37 Å². The van der Waals surface area contributed by atoms with Crippen LogP contribution in [0.1, 0.15) is 36.4 Å². The number of rotatable bonds is 5. The van der Waals surface area contributed by atoms with E-state index in [9.17, 15) is 4.39 Å². The second kappa shape index (κ2) is 6.59. The van der Waals surface area contributed by atoms with Crippen molar-refractivity contribution in [3.63, 3.8) is 0 Å². The molecule has 0 aliphatic carbocycles.